The normalized spacial score (nSPS) is 19.7. The number of sulfone groups is 1. The maximum Gasteiger partial charge on any atom is 0.152 e. The largest absolute Gasteiger partial charge is 0.372 e. The van der Waals surface area contributed by atoms with Crippen LogP contribution in [0.2, 0.25) is 0 Å². The summed E-state index contributed by atoms with van der Waals surface area (Å²) in [6.45, 7) is 1.20. The van der Waals surface area contributed by atoms with Crippen LogP contribution in [0, 0.1) is 0 Å². The Morgan fingerprint density at radius 1 is 1.29 bits per heavy atom. The fraction of sp³-hybridized carbons (Fsp3) is 0.600. The SMILES string of the molecule is CNc1cncc(N2CCCS(=O)(=O)CC2)n1. The topological polar surface area (TPSA) is 75.2 Å². The monoisotopic (exact) mass is 256 g/mol. The molecule has 1 fully saturated rings. The number of anilines is 2. The summed E-state index contributed by atoms with van der Waals surface area (Å²) in [5.74, 6) is 1.88. The maximum absolute atomic E-state index is 11.5. The first kappa shape index (κ1) is 12.1. The Labute approximate surface area is 101 Å². The van der Waals surface area contributed by atoms with Crippen molar-refractivity contribution in [1.29, 1.82) is 0 Å². The van der Waals surface area contributed by atoms with E-state index in [1.165, 1.54) is 0 Å². The van der Waals surface area contributed by atoms with Gasteiger partial charge in [-0.1, -0.05) is 0 Å². The molecule has 0 unspecified atom stereocenters. The van der Waals surface area contributed by atoms with Crippen LogP contribution in [0.1, 0.15) is 6.42 Å². The number of hydrogen-bond acceptors (Lipinski definition) is 6. The van der Waals surface area contributed by atoms with E-state index in [4.69, 9.17) is 0 Å². The van der Waals surface area contributed by atoms with E-state index in [1.54, 1.807) is 19.4 Å². The van der Waals surface area contributed by atoms with Gasteiger partial charge in [-0.3, -0.25) is 4.98 Å². The van der Waals surface area contributed by atoms with E-state index in [1.807, 2.05) is 4.90 Å². The molecular weight excluding hydrogens is 240 g/mol. The average Bonchev–Trinajstić information content (AvgIpc) is 2.50. The fourth-order valence-corrected chi connectivity index (χ4v) is 3.07. The Bertz CT molecular complexity index is 489. The Morgan fingerprint density at radius 2 is 2.12 bits per heavy atom. The summed E-state index contributed by atoms with van der Waals surface area (Å²) < 4.78 is 23.0. The molecule has 1 aliphatic heterocycles. The quantitative estimate of drug-likeness (QED) is 0.811. The zero-order chi connectivity index (χ0) is 12.3. The Balaban J connectivity index is 2.16. The second kappa shape index (κ2) is 4.87. The van der Waals surface area contributed by atoms with Crippen LogP contribution in [0.25, 0.3) is 0 Å². The molecule has 2 rings (SSSR count). The zero-order valence-corrected chi connectivity index (χ0v) is 10.6. The van der Waals surface area contributed by atoms with Gasteiger partial charge >= 0.3 is 0 Å². The molecule has 6 nitrogen and oxygen atoms in total. The van der Waals surface area contributed by atoms with Crippen molar-refractivity contribution < 1.29 is 8.42 Å². The maximum atomic E-state index is 11.5. The van der Waals surface area contributed by atoms with Crippen molar-refractivity contribution in [2.75, 3.05) is 41.9 Å². The molecule has 0 atom stereocenters. The van der Waals surface area contributed by atoms with Gasteiger partial charge in [0.1, 0.15) is 11.6 Å². The lowest BCUT2D eigenvalue weighted by Gasteiger charge is -2.20. The first-order chi connectivity index (χ1) is 8.11. The van der Waals surface area contributed by atoms with Crippen LogP contribution < -0.4 is 10.2 Å². The minimum Gasteiger partial charge on any atom is -0.372 e. The van der Waals surface area contributed by atoms with Crippen molar-refractivity contribution in [2.45, 2.75) is 6.42 Å². The molecule has 1 aromatic heterocycles. The van der Waals surface area contributed by atoms with E-state index in [0.29, 0.717) is 25.3 Å². The third-order valence-corrected chi connectivity index (χ3v) is 4.47. The summed E-state index contributed by atoms with van der Waals surface area (Å²) in [6.07, 6.45) is 3.95. The third-order valence-electron chi connectivity index (χ3n) is 2.76. The van der Waals surface area contributed by atoms with Gasteiger partial charge in [0, 0.05) is 20.1 Å². The highest BCUT2D eigenvalue weighted by Crippen LogP contribution is 2.15. The molecule has 17 heavy (non-hydrogen) atoms. The van der Waals surface area contributed by atoms with E-state index in [9.17, 15) is 8.42 Å². The molecule has 0 radical (unpaired) electrons. The molecule has 7 heteroatoms. The highest BCUT2D eigenvalue weighted by atomic mass is 32.2. The van der Waals surface area contributed by atoms with Gasteiger partial charge in [-0.15, -0.1) is 0 Å². The van der Waals surface area contributed by atoms with Gasteiger partial charge in [0.15, 0.2) is 9.84 Å². The molecule has 0 spiro atoms. The van der Waals surface area contributed by atoms with Crippen LogP contribution in [0.15, 0.2) is 12.4 Å². The van der Waals surface area contributed by atoms with E-state index in [0.717, 1.165) is 5.82 Å². The Morgan fingerprint density at radius 3 is 2.88 bits per heavy atom. The summed E-state index contributed by atoms with van der Waals surface area (Å²) in [7, 11) is -1.10. The first-order valence-electron chi connectivity index (χ1n) is 5.56. The lowest BCUT2D eigenvalue weighted by molar-refractivity contribution is 0.597. The molecule has 0 aromatic carbocycles. The zero-order valence-electron chi connectivity index (χ0n) is 9.76. The van der Waals surface area contributed by atoms with E-state index >= 15 is 0 Å². The summed E-state index contributed by atoms with van der Waals surface area (Å²) in [5.41, 5.74) is 0. The molecule has 1 saturated heterocycles. The van der Waals surface area contributed by atoms with Crippen LogP contribution in [-0.4, -0.2) is 50.0 Å². The summed E-state index contributed by atoms with van der Waals surface area (Å²) in [4.78, 5) is 10.4. The minimum atomic E-state index is -2.88. The molecule has 1 N–H and O–H groups in total. The molecule has 94 valence electrons. The van der Waals surface area contributed by atoms with Crippen LogP contribution in [0.3, 0.4) is 0 Å². The van der Waals surface area contributed by atoms with Gasteiger partial charge in [0.2, 0.25) is 0 Å². The average molecular weight is 256 g/mol. The smallest absolute Gasteiger partial charge is 0.152 e. The van der Waals surface area contributed by atoms with Crippen molar-refractivity contribution in [3.63, 3.8) is 0 Å². The van der Waals surface area contributed by atoms with Crippen molar-refractivity contribution in [1.82, 2.24) is 9.97 Å². The molecule has 2 heterocycles. The van der Waals surface area contributed by atoms with Crippen LogP contribution in [-0.2, 0) is 9.84 Å². The van der Waals surface area contributed by atoms with Crippen molar-refractivity contribution in [3.05, 3.63) is 12.4 Å². The molecule has 0 bridgehead atoms. The minimum absolute atomic E-state index is 0.193. The predicted octanol–water partition coefficient (Wildman–Crippen LogP) is 0.143. The molecule has 1 aliphatic rings. The second-order valence-corrected chi connectivity index (χ2v) is 6.31. The second-order valence-electron chi connectivity index (χ2n) is 4.00. The van der Waals surface area contributed by atoms with E-state index in [2.05, 4.69) is 15.3 Å². The van der Waals surface area contributed by atoms with E-state index in [-0.39, 0.29) is 11.5 Å². The van der Waals surface area contributed by atoms with Gasteiger partial charge in [-0.2, -0.15) is 0 Å². The van der Waals surface area contributed by atoms with Crippen molar-refractivity contribution in [2.24, 2.45) is 0 Å². The predicted molar refractivity (Wildman–Crippen MR) is 67.1 cm³/mol. The van der Waals surface area contributed by atoms with Crippen molar-refractivity contribution in [3.8, 4) is 0 Å². The Hall–Kier alpha value is -1.37. The first-order valence-corrected chi connectivity index (χ1v) is 7.38. The Kier molecular flexibility index (Phi) is 3.46. The fourth-order valence-electron chi connectivity index (χ4n) is 1.80. The van der Waals surface area contributed by atoms with Gasteiger partial charge < -0.3 is 10.2 Å². The molecular formula is C10H16N4O2S. The summed E-state index contributed by atoms with van der Waals surface area (Å²) in [5, 5.41) is 2.92. The number of rotatable bonds is 2. The van der Waals surface area contributed by atoms with Crippen LogP contribution in [0.4, 0.5) is 11.6 Å². The summed E-state index contributed by atoms with van der Waals surface area (Å²) >= 11 is 0. The molecule has 0 amide bonds. The van der Waals surface area contributed by atoms with Gasteiger partial charge in [0.05, 0.1) is 23.9 Å². The standard InChI is InChI=1S/C10H16N4O2S/c1-11-9-7-12-8-10(13-9)14-3-2-5-17(15,16)6-4-14/h7-8H,2-6H2,1H3,(H,11,13). The lowest BCUT2D eigenvalue weighted by Crippen LogP contribution is -2.27. The number of nitrogens with zero attached hydrogens (tertiary/aromatic N) is 3. The van der Waals surface area contributed by atoms with Crippen molar-refractivity contribution >= 4 is 21.5 Å². The highest BCUT2D eigenvalue weighted by molar-refractivity contribution is 7.91. The van der Waals surface area contributed by atoms with Crippen LogP contribution >= 0.6 is 0 Å². The van der Waals surface area contributed by atoms with Gasteiger partial charge in [0.25, 0.3) is 0 Å². The molecule has 1 aromatic rings. The third kappa shape index (κ3) is 3.06. The lowest BCUT2D eigenvalue weighted by atomic mass is 10.4. The van der Waals surface area contributed by atoms with Crippen LogP contribution in [0.5, 0.6) is 0 Å². The number of aromatic nitrogens is 2. The van der Waals surface area contributed by atoms with E-state index < -0.39 is 9.84 Å². The van der Waals surface area contributed by atoms with Gasteiger partial charge in [-0.05, 0) is 6.42 Å². The highest BCUT2D eigenvalue weighted by Gasteiger charge is 2.20. The number of nitrogens with one attached hydrogen (secondary N) is 1. The summed E-state index contributed by atoms with van der Waals surface area (Å²) in [6, 6.07) is 0. The molecule has 0 aliphatic carbocycles. The van der Waals surface area contributed by atoms with Gasteiger partial charge in [-0.25, -0.2) is 13.4 Å². The number of hydrogen-bond donors (Lipinski definition) is 1. The molecule has 0 saturated carbocycles.